The Morgan fingerprint density at radius 2 is 1.81 bits per heavy atom. The zero-order valence-electron chi connectivity index (χ0n) is 19.1. The maximum Gasteiger partial charge on any atom is 0.401 e. The van der Waals surface area contributed by atoms with Crippen LogP contribution in [0.1, 0.15) is 24.1 Å². The zero-order valence-corrected chi connectivity index (χ0v) is 19.9. The molecular weight excluding hydrogens is 491 g/mol. The number of rotatable bonds is 5. The molecule has 0 unspecified atom stereocenters. The number of amides is 2. The number of nitrogens with zero attached hydrogens (tertiary/aromatic N) is 3. The van der Waals surface area contributed by atoms with E-state index in [1.165, 1.54) is 16.2 Å². The van der Waals surface area contributed by atoms with Crippen molar-refractivity contribution >= 4 is 55.4 Å². The second-order valence-corrected chi connectivity index (χ2v) is 10.2. The van der Waals surface area contributed by atoms with E-state index in [4.69, 9.17) is 5.10 Å². The minimum absolute atomic E-state index is 0.161. The topological polar surface area (TPSA) is 83.0 Å². The van der Waals surface area contributed by atoms with E-state index in [1.807, 2.05) is 40.4 Å². The largest absolute Gasteiger partial charge is 0.401 e. The number of benzene rings is 1. The number of hydrogen-bond donors (Lipinski definition) is 2. The molecule has 0 saturated carbocycles. The van der Waals surface area contributed by atoms with Crippen LogP contribution < -0.4 is 5.32 Å². The summed E-state index contributed by atoms with van der Waals surface area (Å²) in [5.41, 5.74) is 3.34. The molecule has 3 aromatic heterocycles. The van der Waals surface area contributed by atoms with E-state index in [2.05, 4.69) is 10.3 Å². The molecule has 0 aliphatic carbocycles. The lowest BCUT2D eigenvalue weighted by molar-refractivity contribution is -0.148. The number of alkyl halides is 3. The van der Waals surface area contributed by atoms with Gasteiger partial charge >= 0.3 is 6.18 Å². The standard InChI is InChI=1S/C25H22F3N5O2S/c26-25(27,28)13-32-8-5-14(6-9-32)12-33-18-4-2-1-3-15(18)21(31-33)20-19(23(34)30-24(20)35)16-11-29-17-7-10-36-22(16)17/h1-4,7,10-11,14,29H,5-6,8-9,12-13H2,(H,30,34,35). The fraction of sp³-hybridized carbons (Fsp3) is 0.320. The highest BCUT2D eigenvalue weighted by Gasteiger charge is 2.37. The first-order valence-corrected chi connectivity index (χ1v) is 12.6. The van der Waals surface area contributed by atoms with Gasteiger partial charge in [0.15, 0.2) is 0 Å². The second kappa shape index (κ2) is 8.59. The number of H-pyrrole nitrogens is 1. The molecule has 6 rings (SSSR count). The number of imide groups is 1. The highest BCUT2D eigenvalue weighted by atomic mass is 32.1. The van der Waals surface area contributed by atoms with Gasteiger partial charge in [-0.05, 0) is 49.4 Å². The smallest absolute Gasteiger partial charge is 0.360 e. The number of likely N-dealkylation sites (tertiary alicyclic amines) is 1. The Balaban J connectivity index is 1.37. The monoisotopic (exact) mass is 513 g/mol. The van der Waals surface area contributed by atoms with Gasteiger partial charge < -0.3 is 4.98 Å². The summed E-state index contributed by atoms with van der Waals surface area (Å²) in [4.78, 5) is 30.5. The second-order valence-electron chi connectivity index (χ2n) is 9.28. The van der Waals surface area contributed by atoms with Gasteiger partial charge in [0.1, 0.15) is 5.69 Å². The number of para-hydroxylation sites is 1. The van der Waals surface area contributed by atoms with Gasteiger partial charge in [-0.15, -0.1) is 11.3 Å². The van der Waals surface area contributed by atoms with Crippen LogP contribution in [0.2, 0.25) is 0 Å². The van der Waals surface area contributed by atoms with Crippen molar-refractivity contribution in [3.05, 3.63) is 53.2 Å². The quantitative estimate of drug-likeness (QED) is 0.387. The molecule has 0 bridgehead atoms. The van der Waals surface area contributed by atoms with Crippen molar-refractivity contribution in [2.45, 2.75) is 25.6 Å². The molecule has 0 atom stereocenters. The number of aromatic amines is 1. The van der Waals surface area contributed by atoms with E-state index in [-0.39, 0.29) is 11.5 Å². The Hall–Kier alpha value is -3.44. The molecule has 1 saturated heterocycles. The van der Waals surface area contributed by atoms with Gasteiger partial charge in [0.2, 0.25) is 0 Å². The predicted octanol–water partition coefficient (Wildman–Crippen LogP) is 4.42. The Morgan fingerprint density at radius 1 is 1.06 bits per heavy atom. The summed E-state index contributed by atoms with van der Waals surface area (Å²) in [5.74, 6) is -0.787. The summed E-state index contributed by atoms with van der Waals surface area (Å²) in [7, 11) is 0. The van der Waals surface area contributed by atoms with Crippen LogP contribution in [0.15, 0.2) is 41.9 Å². The molecule has 1 fully saturated rings. The fourth-order valence-corrected chi connectivity index (χ4v) is 6.13. The lowest BCUT2D eigenvalue weighted by Crippen LogP contribution is -2.40. The van der Waals surface area contributed by atoms with Crippen LogP contribution in [0.3, 0.4) is 0 Å². The molecule has 186 valence electrons. The average molecular weight is 514 g/mol. The minimum atomic E-state index is -4.20. The number of hydrogen-bond acceptors (Lipinski definition) is 5. The van der Waals surface area contributed by atoms with Crippen LogP contribution in [0.5, 0.6) is 0 Å². The summed E-state index contributed by atoms with van der Waals surface area (Å²) >= 11 is 1.49. The van der Waals surface area contributed by atoms with Gasteiger partial charge in [0, 0.05) is 23.7 Å². The molecule has 1 aromatic carbocycles. The van der Waals surface area contributed by atoms with Crippen LogP contribution >= 0.6 is 11.3 Å². The normalized spacial score (nSPS) is 18.2. The van der Waals surface area contributed by atoms with Crippen LogP contribution in [-0.2, 0) is 16.1 Å². The van der Waals surface area contributed by atoms with E-state index in [0.717, 1.165) is 21.1 Å². The minimum Gasteiger partial charge on any atom is -0.360 e. The van der Waals surface area contributed by atoms with Crippen LogP contribution in [0.4, 0.5) is 13.2 Å². The molecule has 4 aromatic rings. The molecule has 0 radical (unpaired) electrons. The third kappa shape index (κ3) is 4.01. The molecule has 36 heavy (non-hydrogen) atoms. The first kappa shape index (κ1) is 23.0. The summed E-state index contributed by atoms with van der Waals surface area (Å²) in [6.45, 7) is 0.405. The molecule has 2 amide bonds. The van der Waals surface area contributed by atoms with Gasteiger partial charge in [0.25, 0.3) is 11.8 Å². The SMILES string of the molecule is O=C1NC(=O)C(c2c[nH]c3ccsc23)=C1c1nn(CC2CCN(CC(F)(F)F)CC2)c2ccccc12. The summed E-state index contributed by atoms with van der Waals surface area (Å²) in [6, 6.07) is 9.44. The molecule has 2 N–H and O–H groups in total. The van der Waals surface area contributed by atoms with Crippen LogP contribution in [0.25, 0.3) is 32.3 Å². The first-order chi connectivity index (χ1) is 17.3. The highest BCUT2D eigenvalue weighted by Crippen LogP contribution is 2.38. The van der Waals surface area contributed by atoms with Crippen molar-refractivity contribution in [1.82, 2.24) is 25.0 Å². The van der Waals surface area contributed by atoms with Crippen LogP contribution in [-0.4, -0.2) is 57.3 Å². The molecule has 11 heteroatoms. The number of carbonyl (C=O) groups excluding carboxylic acids is 2. The number of fused-ring (bicyclic) bond motifs is 2. The Bertz CT molecular complexity index is 1520. The van der Waals surface area contributed by atoms with E-state index < -0.39 is 24.5 Å². The molecule has 0 spiro atoms. The highest BCUT2D eigenvalue weighted by molar-refractivity contribution is 7.17. The molecular formula is C25H22F3N5O2S. The Labute approximate surface area is 207 Å². The summed E-state index contributed by atoms with van der Waals surface area (Å²) in [5, 5.41) is 9.91. The number of aromatic nitrogens is 3. The third-order valence-electron chi connectivity index (χ3n) is 6.92. The number of thiophene rings is 1. The molecule has 2 aliphatic rings. The predicted molar refractivity (Wildman–Crippen MR) is 131 cm³/mol. The van der Waals surface area contributed by atoms with Crippen molar-refractivity contribution in [2.24, 2.45) is 5.92 Å². The van der Waals surface area contributed by atoms with E-state index in [1.54, 1.807) is 6.20 Å². The Morgan fingerprint density at radius 3 is 2.58 bits per heavy atom. The number of halogens is 3. The maximum absolute atomic E-state index is 13.0. The number of piperidine rings is 1. The summed E-state index contributed by atoms with van der Waals surface area (Å²) in [6.07, 6.45) is -1.19. The van der Waals surface area contributed by atoms with Crippen molar-refractivity contribution in [3.63, 3.8) is 0 Å². The third-order valence-corrected chi connectivity index (χ3v) is 7.87. The van der Waals surface area contributed by atoms with E-state index in [9.17, 15) is 22.8 Å². The van der Waals surface area contributed by atoms with Gasteiger partial charge in [-0.25, -0.2) is 0 Å². The van der Waals surface area contributed by atoms with E-state index in [0.29, 0.717) is 49.3 Å². The molecule has 2 aliphatic heterocycles. The summed E-state index contributed by atoms with van der Waals surface area (Å²) < 4.78 is 41.0. The van der Waals surface area contributed by atoms with Gasteiger partial charge in [-0.1, -0.05) is 18.2 Å². The molecule has 7 nitrogen and oxygen atoms in total. The van der Waals surface area contributed by atoms with Crippen molar-refractivity contribution in [1.29, 1.82) is 0 Å². The Kier molecular flexibility index (Phi) is 5.49. The van der Waals surface area contributed by atoms with Crippen molar-refractivity contribution < 1.29 is 22.8 Å². The fourth-order valence-electron chi connectivity index (χ4n) is 5.25. The van der Waals surface area contributed by atoms with Gasteiger partial charge in [-0.2, -0.15) is 18.3 Å². The number of carbonyl (C=O) groups is 2. The first-order valence-electron chi connectivity index (χ1n) is 11.7. The molecule has 5 heterocycles. The van der Waals surface area contributed by atoms with Gasteiger partial charge in [0.05, 0.1) is 33.4 Å². The average Bonchev–Trinajstić information content (AvgIpc) is 3.58. The number of nitrogens with one attached hydrogen (secondary N) is 2. The lowest BCUT2D eigenvalue weighted by atomic mass is 9.96. The zero-order chi connectivity index (χ0) is 25.0. The maximum atomic E-state index is 13.0. The van der Waals surface area contributed by atoms with Crippen LogP contribution in [0, 0.1) is 5.92 Å². The van der Waals surface area contributed by atoms with E-state index >= 15 is 0 Å². The van der Waals surface area contributed by atoms with Crippen molar-refractivity contribution in [2.75, 3.05) is 19.6 Å². The lowest BCUT2D eigenvalue weighted by Gasteiger charge is -2.32. The van der Waals surface area contributed by atoms with Gasteiger partial charge in [-0.3, -0.25) is 24.5 Å². The van der Waals surface area contributed by atoms with Crippen molar-refractivity contribution in [3.8, 4) is 0 Å².